The van der Waals surface area contributed by atoms with Gasteiger partial charge in [0.25, 0.3) is 5.56 Å². The second-order valence-corrected chi connectivity index (χ2v) is 6.76. The molecule has 3 aromatic rings. The summed E-state index contributed by atoms with van der Waals surface area (Å²) in [6.07, 6.45) is 0. The normalized spacial score (nSPS) is 11.3. The van der Waals surface area contributed by atoms with Crippen LogP contribution in [0.1, 0.15) is 25.6 Å². The van der Waals surface area contributed by atoms with E-state index in [1.807, 2.05) is 38.1 Å². The fourth-order valence-corrected chi connectivity index (χ4v) is 2.89. The monoisotopic (exact) mass is 376 g/mol. The van der Waals surface area contributed by atoms with Gasteiger partial charge in [-0.05, 0) is 42.5 Å². The van der Waals surface area contributed by atoms with Crippen molar-refractivity contribution in [2.24, 2.45) is 0 Å². The molecule has 112 valence electrons. The molecule has 1 heterocycles. The molecule has 0 spiro atoms. The molecule has 0 aliphatic heterocycles. The van der Waals surface area contributed by atoms with Crippen LogP contribution in [0.3, 0.4) is 0 Å². The van der Waals surface area contributed by atoms with Crippen molar-refractivity contribution in [3.05, 3.63) is 68.1 Å². The van der Waals surface area contributed by atoms with Crippen molar-refractivity contribution in [1.82, 2.24) is 9.55 Å². The van der Waals surface area contributed by atoms with Crippen molar-refractivity contribution in [3.8, 4) is 5.69 Å². The van der Waals surface area contributed by atoms with E-state index in [1.54, 1.807) is 22.8 Å². The predicted octanol–water partition coefficient (Wildman–Crippen LogP) is 4.93. The number of halogens is 2. The Morgan fingerprint density at radius 3 is 2.45 bits per heavy atom. The summed E-state index contributed by atoms with van der Waals surface area (Å²) in [5.41, 5.74) is 1.41. The Kier molecular flexibility index (Phi) is 4.06. The summed E-state index contributed by atoms with van der Waals surface area (Å²) < 4.78 is 2.52. The molecular weight excluding hydrogens is 364 g/mol. The maximum absolute atomic E-state index is 13.0. The lowest BCUT2D eigenvalue weighted by Crippen LogP contribution is -2.24. The Morgan fingerprint density at radius 2 is 1.82 bits per heavy atom. The van der Waals surface area contributed by atoms with Crippen LogP contribution in [-0.4, -0.2) is 9.55 Å². The van der Waals surface area contributed by atoms with Crippen molar-refractivity contribution in [2.45, 2.75) is 19.8 Å². The van der Waals surface area contributed by atoms with Gasteiger partial charge in [-0.3, -0.25) is 9.36 Å². The lowest BCUT2D eigenvalue weighted by molar-refractivity contribution is 0.723. The summed E-state index contributed by atoms with van der Waals surface area (Å²) in [6, 6.07) is 12.8. The van der Waals surface area contributed by atoms with Crippen LogP contribution >= 0.6 is 27.5 Å². The first kappa shape index (κ1) is 15.3. The van der Waals surface area contributed by atoms with Crippen LogP contribution in [0, 0.1) is 0 Å². The molecule has 0 fully saturated rings. The molecule has 0 aliphatic carbocycles. The Hall–Kier alpha value is -1.65. The van der Waals surface area contributed by atoms with Crippen LogP contribution in [0.4, 0.5) is 0 Å². The molecule has 3 rings (SSSR count). The number of hydrogen-bond acceptors (Lipinski definition) is 2. The van der Waals surface area contributed by atoms with Crippen LogP contribution in [0.25, 0.3) is 16.6 Å². The highest BCUT2D eigenvalue weighted by Gasteiger charge is 2.15. The molecule has 3 nitrogen and oxygen atoms in total. The zero-order chi connectivity index (χ0) is 15.9. The standard InChI is InChI=1S/C17H14BrClN2O/c1-10(2)16-20-15-8-3-11(18)9-14(15)17(22)21(16)13-6-4-12(19)5-7-13/h3-10H,1-2H3. The highest BCUT2D eigenvalue weighted by atomic mass is 79.9. The molecule has 5 heteroatoms. The zero-order valence-corrected chi connectivity index (χ0v) is 14.5. The summed E-state index contributed by atoms with van der Waals surface area (Å²) >= 11 is 9.36. The van der Waals surface area contributed by atoms with Crippen LogP contribution in [-0.2, 0) is 0 Å². The third-order valence-electron chi connectivity index (χ3n) is 3.46. The number of fused-ring (bicyclic) bond motifs is 1. The average Bonchev–Trinajstić information content (AvgIpc) is 2.49. The van der Waals surface area contributed by atoms with Gasteiger partial charge < -0.3 is 0 Å². The molecule has 0 saturated heterocycles. The van der Waals surface area contributed by atoms with E-state index in [2.05, 4.69) is 20.9 Å². The molecular formula is C17H14BrClN2O. The van der Waals surface area contributed by atoms with Crippen LogP contribution in [0.5, 0.6) is 0 Å². The van der Waals surface area contributed by atoms with E-state index < -0.39 is 0 Å². The first-order valence-corrected chi connectivity index (χ1v) is 8.12. The van der Waals surface area contributed by atoms with Crippen molar-refractivity contribution in [1.29, 1.82) is 0 Å². The fraction of sp³-hybridized carbons (Fsp3) is 0.176. The molecule has 22 heavy (non-hydrogen) atoms. The first-order chi connectivity index (χ1) is 10.5. The molecule has 1 aromatic heterocycles. The van der Waals surface area contributed by atoms with E-state index in [9.17, 15) is 4.79 Å². The minimum absolute atomic E-state index is 0.0719. The van der Waals surface area contributed by atoms with E-state index in [1.165, 1.54) is 0 Å². The Bertz CT molecular complexity index is 901. The predicted molar refractivity (Wildman–Crippen MR) is 94.1 cm³/mol. The summed E-state index contributed by atoms with van der Waals surface area (Å²) in [5.74, 6) is 0.860. The van der Waals surface area contributed by atoms with Crippen LogP contribution in [0.15, 0.2) is 51.7 Å². The molecule has 0 bridgehead atoms. The second-order valence-electron chi connectivity index (χ2n) is 5.40. The van der Waals surface area contributed by atoms with Crippen molar-refractivity contribution in [3.63, 3.8) is 0 Å². The molecule has 0 N–H and O–H groups in total. The van der Waals surface area contributed by atoms with Crippen molar-refractivity contribution < 1.29 is 0 Å². The topological polar surface area (TPSA) is 34.9 Å². The van der Waals surface area contributed by atoms with E-state index >= 15 is 0 Å². The van der Waals surface area contributed by atoms with Gasteiger partial charge in [-0.25, -0.2) is 4.98 Å². The van der Waals surface area contributed by atoms with E-state index in [4.69, 9.17) is 11.6 Å². The highest BCUT2D eigenvalue weighted by molar-refractivity contribution is 9.10. The maximum atomic E-state index is 13.0. The lowest BCUT2D eigenvalue weighted by atomic mass is 10.1. The molecule has 0 unspecified atom stereocenters. The highest BCUT2D eigenvalue weighted by Crippen LogP contribution is 2.22. The van der Waals surface area contributed by atoms with Crippen molar-refractivity contribution in [2.75, 3.05) is 0 Å². The van der Waals surface area contributed by atoms with Gasteiger partial charge in [0.05, 0.1) is 16.6 Å². The van der Waals surface area contributed by atoms with E-state index in [0.717, 1.165) is 16.0 Å². The zero-order valence-electron chi connectivity index (χ0n) is 12.2. The van der Waals surface area contributed by atoms with Crippen molar-refractivity contribution >= 4 is 38.4 Å². The first-order valence-electron chi connectivity index (χ1n) is 6.95. The van der Waals surface area contributed by atoms with E-state index in [-0.39, 0.29) is 11.5 Å². The Morgan fingerprint density at radius 1 is 1.14 bits per heavy atom. The summed E-state index contributed by atoms with van der Waals surface area (Å²) in [7, 11) is 0. The molecule has 0 atom stereocenters. The minimum atomic E-state index is -0.0719. The largest absolute Gasteiger partial charge is 0.268 e. The SMILES string of the molecule is CC(C)c1nc2ccc(Br)cc2c(=O)n1-c1ccc(Cl)cc1. The molecule has 0 amide bonds. The van der Waals surface area contributed by atoms with Gasteiger partial charge in [0.2, 0.25) is 0 Å². The van der Waals surface area contributed by atoms with Gasteiger partial charge in [0.1, 0.15) is 5.82 Å². The quantitative estimate of drug-likeness (QED) is 0.635. The smallest absolute Gasteiger partial charge is 0.266 e. The van der Waals surface area contributed by atoms with Gasteiger partial charge in [0, 0.05) is 15.4 Å². The number of benzene rings is 2. The number of aromatic nitrogens is 2. The van der Waals surface area contributed by atoms with Gasteiger partial charge in [-0.15, -0.1) is 0 Å². The minimum Gasteiger partial charge on any atom is -0.268 e. The van der Waals surface area contributed by atoms with Crippen LogP contribution < -0.4 is 5.56 Å². The summed E-state index contributed by atoms with van der Waals surface area (Å²) in [5, 5.41) is 1.23. The second kappa shape index (κ2) is 5.86. The third kappa shape index (κ3) is 2.69. The molecule has 0 radical (unpaired) electrons. The number of nitrogens with zero attached hydrogens (tertiary/aromatic N) is 2. The third-order valence-corrected chi connectivity index (χ3v) is 4.20. The fourth-order valence-electron chi connectivity index (χ4n) is 2.40. The molecule has 0 saturated carbocycles. The summed E-state index contributed by atoms with van der Waals surface area (Å²) in [4.78, 5) is 17.6. The Balaban J connectivity index is 2.40. The van der Waals surface area contributed by atoms with Gasteiger partial charge in [-0.2, -0.15) is 0 Å². The van der Waals surface area contributed by atoms with Gasteiger partial charge >= 0.3 is 0 Å². The number of rotatable bonds is 2. The van der Waals surface area contributed by atoms with Gasteiger partial charge in [-0.1, -0.05) is 41.4 Å². The molecule has 2 aromatic carbocycles. The number of hydrogen-bond donors (Lipinski definition) is 0. The lowest BCUT2D eigenvalue weighted by Gasteiger charge is -2.16. The van der Waals surface area contributed by atoms with E-state index in [0.29, 0.717) is 15.9 Å². The summed E-state index contributed by atoms with van der Waals surface area (Å²) in [6.45, 7) is 4.05. The maximum Gasteiger partial charge on any atom is 0.266 e. The Labute approximate surface area is 141 Å². The molecule has 0 aliphatic rings. The van der Waals surface area contributed by atoms with Gasteiger partial charge in [0.15, 0.2) is 0 Å². The average molecular weight is 378 g/mol. The van der Waals surface area contributed by atoms with Crippen LogP contribution in [0.2, 0.25) is 5.02 Å².